The Morgan fingerprint density at radius 1 is 1.18 bits per heavy atom. The van der Waals surface area contributed by atoms with Gasteiger partial charge in [-0.25, -0.2) is 9.97 Å². The number of anilines is 1. The number of hydrogen-bond donors (Lipinski definition) is 1. The van der Waals surface area contributed by atoms with Crippen molar-refractivity contribution in [2.24, 2.45) is 0 Å². The average molecular weight is 377 g/mol. The number of nitrogens with zero attached hydrogens (tertiary/aromatic N) is 6. The maximum atomic E-state index is 12.8. The minimum absolute atomic E-state index is 0.271. The van der Waals surface area contributed by atoms with Gasteiger partial charge in [0.2, 0.25) is 5.88 Å². The highest BCUT2D eigenvalue weighted by Gasteiger charge is 2.16. The number of hydrogen-bond acceptors (Lipinski definition) is 8. The molecule has 140 valence electrons. The van der Waals surface area contributed by atoms with Gasteiger partial charge in [0.1, 0.15) is 23.7 Å². The fourth-order valence-corrected chi connectivity index (χ4v) is 2.49. The van der Waals surface area contributed by atoms with E-state index in [0.29, 0.717) is 34.7 Å². The van der Waals surface area contributed by atoms with Crippen LogP contribution in [-0.2, 0) is 0 Å². The fourth-order valence-electron chi connectivity index (χ4n) is 2.49. The molecule has 0 radical (unpaired) electrons. The standard InChI is InChI=1S/C18H15N7O3/c1-11-19-7-13(8-20-11)28-12-6-14(17-24-21-10-25(17)9-12)18(26)23-15-4-3-5-16(22-15)27-2/h3-10H,1-2H3,(H,22,23,26). The zero-order valence-corrected chi connectivity index (χ0v) is 15.0. The first kappa shape index (κ1) is 17.3. The van der Waals surface area contributed by atoms with Crippen LogP contribution in [0.15, 0.2) is 49.2 Å². The molecule has 0 atom stereocenters. The first-order valence-electron chi connectivity index (χ1n) is 8.24. The monoisotopic (exact) mass is 377 g/mol. The quantitative estimate of drug-likeness (QED) is 0.563. The van der Waals surface area contributed by atoms with E-state index in [1.165, 1.54) is 13.4 Å². The van der Waals surface area contributed by atoms with Crippen LogP contribution in [0.5, 0.6) is 17.4 Å². The van der Waals surface area contributed by atoms with Crippen LogP contribution in [0.25, 0.3) is 5.65 Å². The molecular formula is C18H15N7O3. The van der Waals surface area contributed by atoms with Gasteiger partial charge in [0.25, 0.3) is 5.91 Å². The van der Waals surface area contributed by atoms with Gasteiger partial charge in [-0.05, 0) is 19.1 Å². The number of methoxy groups -OCH3 is 1. The molecule has 4 rings (SSSR count). The highest BCUT2D eigenvalue weighted by molar-refractivity contribution is 6.08. The number of aryl methyl sites for hydroxylation is 1. The number of pyridine rings is 2. The molecule has 4 aromatic heterocycles. The molecule has 1 N–H and O–H groups in total. The summed E-state index contributed by atoms with van der Waals surface area (Å²) in [6.07, 6.45) is 6.25. The molecule has 4 aromatic rings. The molecule has 4 heterocycles. The van der Waals surface area contributed by atoms with Gasteiger partial charge < -0.3 is 14.8 Å². The van der Waals surface area contributed by atoms with Crippen LogP contribution in [0.3, 0.4) is 0 Å². The van der Waals surface area contributed by atoms with Crippen molar-refractivity contribution in [1.29, 1.82) is 0 Å². The summed E-state index contributed by atoms with van der Waals surface area (Å²) in [5.74, 6) is 1.81. The van der Waals surface area contributed by atoms with Crippen molar-refractivity contribution in [2.75, 3.05) is 12.4 Å². The maximum Gasteiger partial charge on any atom is 0.260 e. The number of fused-ring (bicyclic) bond motifs is 1. The first-order chi connectivity index (χ1) is 13.6. The molecule has 0 unspecified atom stereocenters. The van der Waals surface area contributed by atoms with Crippen LogP contribution in [0.1, 0.15) is 16.2 Å². The second kappa shape index (κ2) is 7.27. The third kappa shape index (κ3) is 3.56. The predicted octanol–water partition coefficient (Wildman–Crippen LogP) is 2.28. The Kier molecular flexibility index (Phi) is 4.50. The Balaban J connectivity index is 1.66. The molecule has 0 saturated heterocycles. The maximum absolute atomic E-state index is 12.8. The lowest BCUT2D eigenvalue weighted by Crippen LogP contribution is -2.14. The van der Waals surface area contributed by atoms with Crippen LogP contribution < -0.4 is 14.8 Å². The van der Waals surface area contributed by atoms with Crippen molar-refractivity contribution in [2.45, 2.75) is 6.92 Å². The van der Waals surface area contributed by atoms with E-state index in [1.54, 1.807) is 54.2 Å². The fraction of sp³-hybridized carbons (Fsp3) is 0.111. The van der Waals surface area contributed by atoms with Gasteiger partial charge in [-0.2, -0.15) is 4.98 Å². The lowest BCUT2D eigenvalue weighted by molar-refractivity contribution is 0.102. The van der Waals surface area contributed by atoms with Gasteiger partial charge in [0.15, 0.2) is 11.4 Å². The topological polar surface area (TPSA) is 116 Å². The van der Waals surface area contributed by atoms with Crippen LogP contribution in [0.4, 0.5) is 5.82 Å². The average Bonchev–Trinajstić information content (AvgIpc) is 3.18. The van der Waals surface area contributed by atoms with Gasteiger partial charge in [-0.15, -0.1) is 10.2 Å². The molecule has 0 aliphatic carbocycles. The van der Waals surface area contributed by atoms with Crippen molar-refractivity contribution in [3.8, 4) is 17.4 Å². The number of amides is 1. The van der Waals surface area contributed by atoms with Gasteiger partial charge in [-0.3, -0.25) is 9.20 Å². The van der Waals surface area contributed by atoms with Crippen LogP contribution in [0, 0.1) is 6.92 Å². The van der Waals surface area contributed by atoms with E-state index in [4.69, 9.17) is 9.47 Å². The number of carbonyl (C=O) groups excluding carboxylic acids is 1. The minimum atomic E-state index is -0.413. The zero-order chi connectivity index (χ0) is 19.5. The Labute approximate surface area is 159 Å². The van der Waals surface area contributed by atoms with Gasteiger partial charge >= 0.3 is 0 Å². The highest BCUT2D eigenvalue weighted by Crippen LogP contribution is 2.24. The number of rotatable bonds is 5. The summed E-state index contributed by atoms with van der Waals surface area (Å²) >= 11 is 0. The van der Waals surface area contributed by atoms with E-state index in [-0.39, 0.29) is 5.56 Å². The number of ether oxygens (including phenoxy) is 2. The molecule has 0 fully saturated rings. The van der Waals surface area contributed by atoms with Crippen LogP contribution in [-0.4, -0.2) is 42.6 Å². The Bertz CT molecular complexity index is 1140. The summed E-state index contributed by atoms with van der Waals surface area (Å²) in [5.41, 5.74) is 0.653. The zero-order valence-electron chi connectivity index (χ0n) is 15.0. The van der Waals surface area contributed by atoms with Crippen molar-refractivity contribution >= 4 is 17.4 Å². The predicted molar refractivity (Wildman–Crippen MR) is 98.6 cm³/mol. The van der Waals surface area contributed by atoms with Gasteiger partial charge in [0, 0.05) is 6.07 Å². The Hall–Kier alpha value is -4.08. The van der Waals surface area contributed by atoms with Gasteiger partial charge in [0.05, 0.1) is 31.3 Å². The first-order valence-corrected chi connectivity index (χ1v) is 8.24. The number of nitrogens with one attached hydrogen (secondary N) is 1. The van der Waals surface area contributed by atoms with Crippen molar-refractivity contribution < 1.29 is 14.3 Å². The second-order valence-corrected chi connectivity index (χ2v) is 5.74. The summed E-state index contributed by atoms with van der Waals surface area (Å²) in [6, 6.07) is 6.64. The van der Waals surface area contributed by atoms with E-state index in [0.717, 1.165) is 0 Å². The van der Waals surface area contributed by atoms with E-state index in [9.17, 15) is 4.79 Å². The normalized spacial score (nSPS) is 10.6. The van der Waals surface area contributed by atoms with Crippen molar-refractivity contribution in [3.63, 3.8) is 0 Å². The van der Waals surface area contributed by atoms with Gasteiger partial charge in [-0.1, -0.05) is 6.07 Å². The SMILES string of the molecule is COc1cccc(NC(=O)c2cc(Oc3cnc(C)nc3)cn3cnnc23)n1. The van der Waals surface area contributed by atoms with E-state index in [1.807, 2.05) is 0 Å². The molecule has 0 aliphatic rings. The number of aromatic nitrogens is 6. The summed E-state index contributed by atoms with van der Waals surface area (Å²) in [7, 11) is 1.50. The van der Waals surface area contributed by atoms with Crippen LogP contribution >= 0.6 is 0 Å². The van der Waals surface area contributed by atoms with Crippen molar-refractivity contribution in [3.05, 3.63) is 60.6 Å². The number of carbonyl (C=O) groups is 1. The Morgan fingerprint density at radius 2 is 2.00 bits per heavy atom. The molecule has 0 aromatic carbocycles. The lowest BCUT2D eigenvalue weighted by atomic mass is 10.2. The second-order valence-electron chi connectivity index (χ2n) is 5.74. The summed E-state index contributed by atoms with van der Waals surface area (Å²) in [4.78, 5) is 25.2. The molecule has 10 nitrogen and oxygen atoms in total. The molecule has 10 heteroatoms. The third-order valence-corrected chi connectivity index (χ3v) is 3.78. The lowest BCUT2D eigenvalue weighted by Gasteiger charge is -2.10. The third-order valence-electron chi connectivity index (χ3n) is 3.78. The smallest absolute Gasteiger partial charge is 0.260 e. The highest BCUT2D eigenvalue weighted by atomic mass is 16.5. The Morgan fingerprint density at radius 3 is 2.79 bits per heavy atom. The molecular weight excluding hydrogens is 362 g/mol. The van der Waals surface area contributed by atoms with E-state index in [2.05, 4.69) is 30.5 Å². The largest absolute Gasteiger partial charge is 0.481 e. The molecule has 0 spiro atoms. The molecule has 0 saturated carbocycles. The molecule has 28 heavy (non-hydrogen) atoms. The van der Waals surface area contributed by atoms with E-state index < -0.39 is 5.91 Å². The van der Waals surface area contributed by atoms with Crippen LogP contribution in [0.2, 0.25) is 0 Å². The van der Waals surface area contributed by atoms with Crippen molar-refractivity contribution in [1.82, 2.24) is 29.5 Å². The molecule has 0 bridgehead atoms. The van der Waals surface area contributed by atoms with E-state index >= 15 is 0 Å². The summed E-state index contributed by atoms with van der Waals surface area (Å²) in [6.45, 7) is 1.78. The summed E-state index contributed by atoms with van der Waals surface area (Å²) < 4.78 is 12.4. The minimum Gasteiger partial charge on any atom is -0.481 e. The molecule has 1 amide bonds. The summed E-state index contributed by atoms with van der Waals surface area (Å²) in [5, 5.41) is 10.6. The molecule has 0 aliphatic heterocycles.